The number of hydrogen-bond donors (Lipinski definition) is 1. The molecule has 0 aliphatic rings. The molecule has 0 amide bonds. The van der Waals surface area contributed by atoms with Gasteiger partial charge in [-0.3, -0.25) is 4.90 Å². The summed E-state index contributed by atoms with van der Waals surface area (Å²) >= 11 is 0. The van der Waals surface area contributed by atoms with E-state index in [2.05, 4.69) is 17.0 Å². The predicted molar refractivity (Wildman–Crippen MR) is 71.1 cm³/mol. The van der Waals surface area contributed by atoms with Gasteiger partial charge >= 0.3 is 0 Å². The molecular weight excluding hydrogens is 226 g/mol. The Balaban J connectivity index is 1.99. The molecule has 2 rings (SSSR count). The summed E-state index contributed by atoms with van der Waals surface area (Å²) in [6.07, 6.45) is 0. The number of aliphatic hydroxyl groups is 1. The number of rotatable bonds is 6. The lowest BCUT2D eigenvalue weighted by atomic mass is 10.2. The number of aliphatic hydroxyl groups excluding tert-OH is 1. The standard InChI is InChI=1S/C15H19NO2/c1-13-7-8-15(18-13)12-16(9-10-17)11-14-5-3-2-4-6-14/h2-8,17H,9-12H2,1H3. The van der Waals surface area contributed by atoms with Gasteiger partial charge in [-0.25, -0.2) is 0 Å². The third-order valence-corrected chi connectivity index (χ3v) is 2.84. The molecule has 0 spiro atoms. The van der Waals surface area contributed by atoms with Gasteiger partial charge in [0.05, 0.1) is 13.2 Å². The van der Waals surface area contributed by atoms with Gasteiger partial charge in [0.15, 0.2) is 0 Å². The maximum atomic E-state index is 9.13. The van der Waals surface area contributed by atoms with Crippen LogP contribution < -0.4 is 0 Å². The van der Waals surface area contributed by atoms with E-state index in [1.165, 1.54) is 5.56 Å². The lowest BCUT2D eigenvalue weighted by Gasteiger charge is -2.20. The average molecular weight is 245 g/mol. The van der Waals surface area contributed by atoms with Crippen LogP contribution in [0.3, 0.4) is 0 Å². The van der Waals surface area contributed by atoms with Crippen molar-refractivity contribution in [1.82, 2.24) is 4.90 Å². The first-order valence-electron chi connectivity index (χ1n) is 6.20. The van der Waals surface area contributed by atoms with Crippen molar-refractivity contribution in [2.24, 2.45) is 0 Å². The topological polar surface area (TPSA) is 36.6 Å². The number of aryl methyl sites for hydroxylation is 1. The molecule has 3 nitrogen and oxygen atoms in total. The highest BCUT2D eigenvalue weighted by Gasteiger charge is 2.08. The number of nitrogens with zero attached hydrogens (tertiary/aromatic N) is 1. The van der Waals surface area contributed by atoms with Crippen molar-refractivity contribution in [2.75, 3.05) is 13.2 Å². The molecule has 0 saturated heterocycles. The van der Waals surface area contributed by atoms with Crippen LogP contribution in [0.4, 0.5) is 0 Å². The van der Waals surface area contributed by atoms with E-state index in [4.69, 9.17) is 9.52 Å². The third kappa shape index (κ3) is 3.72. The van der Waals surface area contributed by atoms with Crippen molar-refractivity contribution in [3.63, 3.8) is 0 Å². The zero-order chi connectivity index (χ0) is 12.8. The molecule has 0 unspecified atom stereocenters. The van der Waals surface area contributed by atoms with Crippen molar-refractivity contribution in [2.45, 2.75) is 20.0 Å². The Hall–Kier alpha value is -1.58. The highest BCUT2D eigenvalue weighted by Crippen LogP contribution is 2.12. The molecule has 96 valence electrons. The van der Waals surface area contributed by atoms with Gasteiger partial charge in [-0.2, -0.15) is 0 Å². The van der Waals surface area contributed by atoms with E-state index >= 15 is 0 Å². The van der Waals surface area contributed by atoms with Crippen LogP contribution in [0.25, 0.3) is 0 Å². The fourth-order valence-corrected chi connectivity index (χ4v) is 1.99. The summed E-state index contributed by atoms with van der Waals surface area (Å²) in [5, 5.41) is 9.13. The van der Waals surface area contributed by atoms with E-state index in [9.17, 15) is 0 Å². The van der Waals surface area contributed by atoms with Crippen LogP contribution in [-0.2, 0) is 13.1 Å². The molecule has 0 bridgehead atoms. The first-order valence-corrected chi connectivity index (χ1v) is 6.20. The molecule has 0 saturated carbocycles. The third-order valence-electron chi connectivity index (χ3n) is 2.84. The molecule has 1 heterocycles. The Bertz CT molecular complexity index is 464. The van der Waals surface area contributed by atoms with Crippen LogP contribution in [0.5, 0.6) is 0 Å². The van der Waals surface area contributed by atoms with Crippen molar-refractivity contribution in [3.8, 4) is 0 Å². The van der Waals surface area contributed by atoms with Gasteiger partial charge in [0.2, 0.25) is 0 Å². The van der Waals surface area contributed by atoms with E-state index in [-0.39, 0.29) is 6.61 Å². The fraction of sp³-hybridized carbons (Fsp3) is 0.333. The van der Waals surface area contributed by atoms with Crippen molar-refractivity contribution in [1.29, 1.82) is 0 Å². The summed E-state index contributed by atoms with van der Waals surface area (Å²) in [4.78, 5) is 2.17. The monoisotopic (exact) mass is 245 g/mol. The van der Waals surface area contributed by atoms with Crippen molar-refractivity contribution < 1.29 is 9.52 Å². The Morgan fingerprint density at radius 1 is 1.06 bits per heavy atom. The van der Waals surface area contributed by atoms with E-state index in [0.29, 0.717) is 6.54 Å². The van der Waals surface area contributed by atoms with E-state index in [1.807, 2.05) is 37.3 Å². The second-order valence-corrected chi connectivity index (χ2v) is 4.43. The number of furan rings is 1. The predicted octanol–water partition coefficient (Wildman–Crippen LogP) is 2.58. The van der Waals surface area contributed by atoms with Gasteiger partial charge < -0.3 is 9.52 Å². The summed E-state index contributed by atoms with van der Waals surface area (Å²) < 4.78 is 5.57. The van der Waals surface area contributed by atoms with Crippen LogP contribution in [0.1, 0.15) is 17.1 Å². The largest absolute Gasteiger partial charge is 0.465 e. The molecule has 18 heavy (non-hydrogen) atoms. The molecule has 3 heteroatoms. The van der Waals surface area contributed by atoms with Crippen molar-refractivity contribution >= 4 is 0 Å². The summed E-state index contributed by atoms with van der Waals surface area (Å²) in [5.41, 5.74) is 1.24. The van der Waals surface area contributed by atoms with Crippen LogP contribution in [-0.4, -0.2) is 23.2 Å². The zero-order valence-electron chi connectivity index (χ0n) is 10.7. The lowest BCUT2D eigenvalue weighted by molar-refractivity contribution is 0.174. The summed E-state index contributed by atoms with van der Waals surface area (Å²) in [6, 6.07) is 14.2. The minimum Gasteiger partial charge on any atom is -0.465 e. The van der Waals surface area contributed by atoms with Gasteiger partial charge in [-0.15, -0.1) is 0 Å². The molecule has 0 fully saturated rings. The summed E-state index contributed by atoms with van der Waals surface area (Å²) in [7, 11) is 0. The smallest absolute Gasteiger partial charge is 0.118 e. The highest BCUT2D eigenvalue weighted by molar-refractivity contribution is 5.14. The first kappa shape index (κ1) is 12.9. The van der Waals surface area contributed by atoms with Gasteiger partial charge in [0.25, 0.3) is 0 Å². The minimum atomic E-state index is 0.159. The average Bonchev–Trinajstić information content (AvgIpc) is 2.76. The van der Waals surface area contributed by atoms with Crippen LogP contribution in [0, 0.1) is 6.92 Å². The van der Waals surface area contributed by atoms with Crippen LogP contribution in [0.15, 0.2) is 46.9 Å². The Kier molecular flexibility index (Phi) is 4.56. The molecule has 0 radical (unpaired) electrons. The van der Waals surface area contributed by atoms with Crippen LogP contribution >= 0.6 is 0 Å². The Morgan fingerprint density at radius 2 is 1.83 bits per heavy atom. The molecule has 0 aliphatic carbocycles. The number of benzene rings is 1. The fourth-order valence-electron chi connectivity index (χ4n) is 1.99. The number of hydrogen-bond acceptors (Lipinski definition) is 3. The maximum absolute atomic E-state index is 9.13. The van der Waals surface area contributed by atoms with Gasteiger partial charge in [0.1, 0.15) is 11.5 Å². The molecule has 0 aliphatic heterocycles. The van der Waals surface area contributed by atoms with Crippen molar-refractivity contribution in [3.05, 3.63) is 59.5 Å². The Labute approximate surface area is 108 Å². The zero-order valence-corrected chi connectivity index (χ0v) is 10.7. The van der Waals surface area contributed by atoms with Gasteiger partial charge in [0, 0.05) is 13.1 Å². The highest BCUT2D eigenvalue weighted by atomic mass is 16.3. The minimum absolute atomic E-state index is 0.159. The van der Waals surface area contributed by atoms with Crippen LogP contribution in [0.2, 0.25) is 0 Å². The normalized spacial score (nSPS) is 11.1. The molecule has 0 atom stereocenters. The van der Waals surface area contributed by atoms with E-state index in [0.717, 1.165) is 24.6 Å². The molecule has 2 aromatic rings. The molecule has 1 aromatic heterocycles. The lowest BCUT2D eigenvalue weighted by Crippen LogP contribution is -2.25. The SMILES string of the molecule is Cc1ccc(CN(CCO)Cc2ccccc2)o1. The molecule has 1 aromatic carbocycles. The second-order valence-electron chi connectivity index (χ2n) is 4.43. The van der Waals surface area contributed by atoms with Gasteiger partial charge in [-0.05, 0) is 24.6 Å². The maximum Gasteiger partial charge on any atom is 0.118 e. The first-order chi connectivity index (χ1) is 8.78. The second kappa shape index (κ2) is 6.38. The quantitative estimate of drug-likeness (QED) is 0.849. The summed E-state index contributed by atoms with van der Waals surface area (Å²) in [6.45, 7) is 4.29. The summed E-state index contributed by atoms with van der Waals surface area (Å²) in [5.74, 6) is 1.87. The van der Waals surface area contributed by atoms with E-state index < -0.39 is 0 Å². The van der Waals surface area contributed by atoms with E-state index in [1.54, 1.807) is 0 Å². The molecule has 1 N–H and O–H groups in total. The Morgan fingerprint density at radius 3 is 2.44 bits per heavy atom. The van der Waals surface area contributed by atoms with Gasteiger partial charge in [-0.1, -0.05) is 30.3 Å². The molecular formula is C15H19NO2.